The first-order valence-corrected chi connectivity index (χ1v) is 6.28. The molecule has 0 radical (unpaired) electrons. The first-order valence-electron chi connectivity index (χ1n) is 6.28. The molecule has 1 atom stereocenters. The minimum Gasteiger partial charge on any atom is -0.391 e. The molecule has 1 N–H and O–H groups in total. The molecule has 0 fully saturated rings. The van der Waals surface area contributed by atoms with Crippen LogP contribution in [0.15, 0.2) is 18.2 Å². The normalized spacial score (nSPS) is 12.5. The van der Waals surface area contributed by atoms with Crippen molar-refractivity contribution in [3.05, 3.63) is 29.6 Å². The maximum absolute atomic E-state index is 13.7. The number of hydrogen-bond acceptors (Lipinski definition) is 4. The number of anilines is 1. The van der Waals surface area contributed by atoms with Crippen molar-refractivity contribution in [1.29, 1.82) is 0 Å². The minimum absolute atomic E-state index is 0.0623. The van der Waals surface area contributed by atoms with E-state index in [2.05, 4.69) is 0 Å². The maximum atomic E-state index is 13.7. The third-order valence-corrected chi connectivity index (χ3v) is 3.04. The Morgan fingerprint density at radius 1 is 1.32 bits per heavy atom. The highest BCUT2D eigenvalue weighted by Gasteiger charge is 2.19. The predicted octanol–water partition coefficient (Wildman–Crippen LogP) is 1.81. The summed E-state index contributed by atoms with van der Waals surface area (Å²) in [7, 11) is 3.25. The molecule has 0 saturated carbocycles. The molecule has 0 aliphatic rings. The average Bonchev–Trinajstić information content (AvgIpc) is 2.39. The molecule has 19 heavy (non-hydrogen) atoms. The van der Waals surface area contributed by atoms with Gasteiger partial charge in [0, 0.05) is 38.1 Å². The van der Waals surface area contributed by atoms with Gasteiger partial charge in [-0.1, -0.05) is 6.07 Å². The Labute approximate surface area is 113 Å². The fourth-order valence-corrected chi connectivity index (χ4v) is 2.07. The Balaban J connectivity index is 3.05. The number of aliphatic hydroxyl groups is 1. The summed E-state index contributed by atoms with van der Waals surface area (Å²) in [6, 6.07) is 4.86. The van der Waals surface area contributed by atoms with Crippen molar-refractivity contribution in [2.75, 3.05) is 38.9 Å². The highest BCUT2D eigenvalue weighted by atomic mass is 19.1. The van der Waals surface area contributed by atoms with Gasteiger partial charge in [0.15, 0.2) is 0 Å². The van der Waals surface area contributed by atoms with Crippen molar-refractivity contribution in [2.45, 2.75) is 19.6 Å². The molecule has 0 heterocycles. The molecule has 1 aromatic rings. The molecule has 0 saturated heterocycles. The van der Waals surface area contributed by atoms with Gasteiger partial charge in [-0.05, 0) is 19.1 Å². The number of hydrogen-bond donors (Lipinski definition) is 1. The zero-order valence-corrected chi connectivity index (χ0v) is 11.7. The summed E-state index contributed by atoms with van der Waals surface area (Å²) in [5.74, 6) is -0.396. The third-order valence-electron chi connectivity index (χ3n) is 3.04. The fraction of sp³-hybridized carbons (Fsp3) is 0.571. The van der Waals surface area contributed by atoms with Crippen LogP contribution in [0, 0.1) is 5.82 Å². The molecule has 1 aromatic carbocycles. The fourth-order valence-electron chi connectivity index (χ4n) is 2.07. The van der Waals surface area contributed by atoms with Crippen LogP contribution in [-0.4, -0.2) is 45.1 Å². The van der Waals surface area contributed by atoms with Gasteiger partial charge in [0.25, 0.3) is 0 Å². The van der Waals surface area contributed by atoms with Crippen LogP contribution < -0.4 is 4.90 Å². The van der Waals surface area contributed by atoms with Crippen molar-refractivity contribution in [1.82, 2.24) is 0 Å². The highest BCUT2D eigenvalue weighted by molar-refractivity contribution is 5.54. The quantitative estimate of drug-likeness (QED) is 0.783. The summed E-state index contributed by atoms with van der Waals surface area (Å²) in [5.41, 5.74) is 0.991. The molecule has 0 amide bonds. The van der Waals surface area contributed by atoms with Crippen LogP contribution in [0.2, 0.25) is 0 Å². The molecule has 1 rings (SSSR count). The highest BCUT2D eigenvalue weighted by Crippen LogP contribution is 2.25. The minimum atomic E-state index is -0.396. The Morgan fingerprint density at radius 3 is 2.63 bits per heavy atom. The van der Waals surface area contributed by atoms with Crippen molar-refractivity contribution in [3.63, 3.8) is 0 Å². The summed E-state index contributed by atoms with van der Waals surface area (Å²) in [6.07, 6.45) is 0. The molecule has 1 unspecified atom stereocenters. The van der Waals surface area contributed by atoms with Gasteiger partial charge in [-0.3, -0.25) is 0 Å². The third kappa shape index (κ3) is 4.16. The van der Waals surface area contributed by atoms with Crippen LogP contribution in [0.4, 0.5) is 10.1 Å². The molecule has 0 aliphatic heterocycles. The van der Waals surface area contributed by atoms with E-state index in [1.165, 1.54) is 6.07 Å². The van der Waals surface area contributed by atoms with E-state index in [1.54, 1.807) is 26.4 Å². The zero-order valence-electron chi connectivity index (χ0n) is 11.7. The lowest BCUT2D eigenvalue weighted by Gasteiger charge is -2.32. The number of ether oxygens (including phenoxy) is 2. The van der Waals surface area contributed by atoms with E-state index >= 15 is 0 Å². The molecule has 5 heteroatoms. The summed E-state index contributed by atoms with van der Waals surface area (Å²) < 4.78 is 24.0. The monoisotopic (exact) mass is 271 g/mol. The topological polar surface area (TPSA) is 41.9 Å². The number of benzene rings is 1. The summed E-state index contributed by atoms with van der Waals surface area (Å²) in [5, 5.41) is 9.36. The lowest BCUT2D eigenvalue weighted by atomic mass is 10.1. The lowest BCUT2D eigenvalue weighted by molar-refractivity contribution is 0.170. The van der Waals surface area contributed by atoms with Crippen LogP contribution in [-0.2, 0) is 16.1 Å². The lowest BCUT2D eigenvalue weighted by Crippen LogP contribution is -2.39. The molecule has 0 spiro atoms. The van der Waals surface area contributed by atoms with E-state index in [1.807, 2.05) is 11.8 Å². The van der Waals surface area contributed by atoms with E-state index in [4.69, 9.17) is 9.47 Å². The second-order valence-corrected chi connectivity index (χ2v) is 4.39. The second-order valence-electron chi connectivity index (χ2n) is 4.39. The summed E-state index contributed by atoms with van der Waals surface area (Å²) in [6.45, 7) is 3.31. The largest absolute Gasteiger partial charge is 0.391 e. The van der Waals surface area contributed by atoms with Gasteiger partial charge in [0.2, 0.25) is 0 Å². The Bertz CT molecular complexity index is 387. The van der Waals surface area contributed by atoms with Gasteiger partial charge >= 0.3 is 0 Å². The average molecular weight is 271 g/mol. The van der Waals surface area contributed by atoms with Gasteiger partial charge in [-0.25, -0.2) is 4.39 Å². The number of halogens is 1. The standard InChI is InChI=1S/C14H22FNO3/c1-11(10-19-3)16(7-8-18-2)14-6-4-5-13(15)12(14)9-17/h4-6,11,17H,7-10H2,1-3H3. The van der Waals surface area contributed by atoms with Crippen LogP contribution in [0.3, 0.4) is 0 Å². The Hall–Kier alpha value is -1.17. The van der Waals surface area contributed by atoms with Crippen molar-refractivity contribution < 1.29 is 19.0 Å². The van der Waals surface area contributed by atoms with E-state index in [0.29, 0.717) is 31.0 Å². The van der Waals surface area contributed by atoms with Crippen LogP contribution >= 0.6 is 0 Å². The first kappa shape index (κ1) is 15.9. The number of rotatable bonds is 8. The van der Waals surface area contributed by atoms with Gasteiger partial charge in [0.05, 0.1) is 19.8 Å². The second kappa shape index (κ2) is 8.09. The number of nitrogens with zero attached hydrogens (tertiary/aromatic N) is 1. The van der Waals surface area contributed by atoms with Gasteiger partial charge in [0.1, 0.15) is 5.82 Å². The molecular weight excluding hydrogens is 249 g/mol. The van der Waals surface area contributed by atoms with Crippen molar-refractivity contribution in [2.24, 2.45) is 0 Å². The Morgan fingerprint density at radius 2 is 2.05 bits per heavy atom. The van der Waals surface area contributed by atoms with Crippen molar-refractivity contribution >= 4 is 5.69 Å². The molecule has 108 valence electrons. The zero-order chi connectivity index (χ0) is 14.3. The van der Waals surface area contributed by atoms with Gasteiger partial charge in [-0.2, -0.15) is 0 Å². The summed E-state index contributed by atoms with van der Waals surface area (Å²) in [4.78, 5) is 1.99. The van der Waals surface area contributed by atoms with Crippen LogP contribution in [0.5, 0.6) is 0 Å². The van der Waals surface area contributed by atoms with E-state index in [-0.39, 0.29) is 12.6 Å². The van der Waals surface area contributed by atoms with Gasteiger partial charge in [-0.15, -0.1) is 0 Å². The Kier molecular flexibility index (Phi) is 6.77. The first-order chi connectivity index (χ1) is 9.15. The molecule has 0 aliphatic carbocycles. The molecular formula is C14H22FNO3. The predicted molar refractivity (Wildman–Crippen MR) is 72.9 cm³/mol. The molecule has 0 bridgehead atoms. The van der Waals surface area contributed by atoms with Crippen LogP contribution in [0.1, 0.15) is 12.5 Å². The van der Waals surface area contributed by atoms with E-state index in [0.717, 1.165) is 0 Å². The van der Waals surface area contributed by atoms with Gasteiger partial charge < -0.3 is 19.5 Å². The van der Waals surface area contributed by atoms with E-state index in [9.17, 15) is 9.50 Å². The number of aliphatic hydroxyl groups excluding tert-OH is 1. The van der Waals surface area contributed by atoms with E-state index < -0.39 is 5.82 Å². The summed E-state index contributed by atoms with van der Waals surface area (Å²) >= 11 is 0. The SMILES string of the molecule is COCCN(c1cccc(F)c1CO)C(C)COC. The van der Waals surface area contributed by atoms with Crippen molar-refractivity contribution in [3.8, 4) is 0 Å². The maximum Gasteiger partial charge on any atom is 0.130 e. The van der Waals surface area contributed by atoms with Crippen LogP contribution in [0.25, 0.3) is 0 Å². The number of methoxy groups -OCH3 is 2. The molecule has 4 nitrogen and oxygen atoms in total. The molecule has 0 aromatic heterocycles. The smallest absolute Gasteiger partial charge is 0.130 e.